The van der Waals surface area contributed by atoms with E-state index in [1.54, 1.807) is 0 Å². The number of unbranched alkanes of at least 4 members (excludes halogenated alkanes) is 1. The Kier molecular flexibility index (Phi) is 4.90. The first kappa shape index (κ1) is 11.5. The maximum Gasteiger partial charge on any atom is 0.237 e. The summed E-state index contributed by atoms with van der Waals surface area (Å²) in [7, 11) is 0. The predicted molar refractivity (Wildman–Crippen MR) is 54.9 cm³/mol. The molecule has 82 valence electrons. The number of nitrogens with one attached hydrogen (secondary N) is 2. The van der Waals surface area contributed by atoms with E-state index in [9.17, 15) is 4.79 Å². The first-order chi connectivity index (χ1) is 6.75. The lowest BCUT2D eigenvalue weighted by molar-refractivity contribution is -0.123. The molecule has 2 unspecified atom stereocenters. The van der Waals surface area contributed by atoms with Crippen LogP contribution in [0.1, 0.15) is 26.2 Å². The number of carbonyl (C=O) groups excluding carboxylic acids is 1. The number of aliphatic hydroxyl groups is 1. The van der Waals surface area contributed by atoms with Gasteiger partial charge in [0.1, 0.15) is 0 Å². The molecule has 1 fully saturated rings. The Morgan fingerprint density at radius 3 is 2.93 bits per heavy atom. The van der Waals surface area contributed by atoms with Crippen LogP contribution in [0.3, 0.4) is 0 Å². The minimum atomic E-state index is -0.0101. The lowest BCUT2D eigenvalue weighted by Crippen LogP contribution is -2.43. The van der Waals surface area contributed by atoms with Crippen LogP contribution < -0.4 is 10.6 Å². The lowest BCUT2D eigenvalue weighted by Gasteiger charge is -2.15. The molecule has 1 aliphatic heterocycles. The Balaban J connectivity index is 2.14. The molecule has 1 heterocycles. The molecule has 2 atom stereocenters. The van der Waals surface area contributed by atoms with Crippen molar-refractivity contribution in [1.82, 2.24) is 10.6 Å². The Morgan fingerprint density at radius 2 is 2.36 bits per heavy atom. The van der Waals surface area contributed by atoms with E-state index in [0.29, 0.717) is 12.5 Å². The van der Waals surface area contributed by atoms with Crippen LogP contribution in [-0.4, -0.2) is 36.8 Å². The minimum absolute atomic E-state index is 0.0101. The summed E-state index contributed by atoms with van der Waals surface area (Å²) in [5.41, 5.74) is 0. The van der Waals surface area contributed by atoms with Gasteiger partial charge in [-0.05, 0) is 31.7 Å². The molecule has 4 heteroatoms. The van der Waals surface area contributed by atoms with Crippen molar-refractivity contribution in [2.24, 2.45) is 5.92 Å². The van der Waals surface area contributed by atoms with Gasteiger partial charge in [-0.25, -0.2) is 0 Å². The molecule has 0 bridgehead atoms. The van der Waals surface area contributed by atoms with Gasteiger partial charge >= 0.3 is 0 Å². The van der Waals surface area contributed by atoms with Crippen molar-refractivity contribution in [2.75, 3.05) is 19.7 Å². The van der Waals surface area contributed by atoms with E-state index in [0.717, 1.165) is 25.8 Å². The van der Waals surface area contributed by atoms with Gasteiger partial charge in [0.05, 0.1) is 6.04 Å². The number of hydrogen-bond acceptors (Lipinski definition) is 3. The van der Waals surface area contributed by atoms with Crippen molar-refractivity contribution in [3.63, 3.8) is 0 Å². The van der Waals surface area contributed by atoms with Crippen molar-refractivity contribution in [2.45, 2.75) is 32.2 Å². The minimum Gasteiger partial charge on any atom is -0.396 e. The van der Waals surface area contributed by atoms with Crippen LogP contribution in [-0.2, 0) is 4.79 Å². The summed E-state index contributed by atoms with van der Waals surface area (Å²) in [6, 6.07) is -0.0101. The molecule has 0 saturated carbocycles. The van der Waals surface area contributed by atoms with Crippen molar-refractivity contribution in [1.29, 1.82) is 0 Å². The number of hydrogen-bond donors (Lipinski definition) is 3. The Hall–Kier alpha value is -0.610. The van der Waals surface area contributed by atoms with Crippen molar-refractivity contribution in [3.8, 4) is 0 Å². The maximum atomic E-state index is 11.6. The quantitative estimate of drug-likeness (QED) is 0.542. The number of rotatable bonds is 5. The largest absolute Gasteiger partial charge is 0.396 e. The van der Waals surface area contributed by atoms with Gasteiger partial charge in [-0.15, -0.1) is 0 Å². The van der Waals surface area contributed by atoms with Gasteiger partial charge in [-0.2, -0.15) is 0 Å². The summed E-state index contributed by atoms with van der Waals surface area (Å²) in [6.45, 7) is 3.91. The molecule has 0 aromatic rings. The van der Waals surface area contributed by atoms with Crippen molar-refractivity contribution >= 4 is 5.91 Å². The first-order valence-electron chi connectivity index (χ1n) is 5.37. The Morgan fingerprint density at radius 1 is 1.57 bits per heavy atom. The first-order valence-corrected chi connectivity index (χ1v) is 5.37. The highest BCUT2D eigenvalue weighted by Gasteiger charge is 2.28. The number of aliphatic hydroxyl groups excluding tert-OH is 1. The maximum absolute atomic E-state index is 11.6. The highest BCUT2D eigenvalue weighted by Crippen LogP contribution is 2.13. The monoisotopic (exact) mass is 200 g/mol. The van der Waals surface area contributed by atoms with E-state index in [1.165, 1.54) is 0 Å². The fourth-order valence-electron chi connectivity index (χ4n) is 1.74. The van der Waals surface area contributed by atoms with E-state index >= 15 is 0 Å². The van der Waals surface area contributed by atoms with E-state index in [-0.39, 0.29) is 18.6 Å². The zero-order valence-electron chi connectivity index (χ0n) is 8.75. The molecule has 0 spiro atoms. The van der Waals surface area contributed by atoms with Gasteiger partial charge in [0.15, 0.2) is 0 Å². The van der Waals surface area contributed by atoms with Crippen molar-refractivity contribution < 1.29 is 9.90 Å². The zero-order chi connectivity index (χ0) is 10.4. The molecule has 1 saturated heterocycles. The molecule has 1 rings (SSSR count). The third-order valence-electron chi connectivity index (χ3n) is 2.70. The molecule has 0 radical (unpaired) electrons. The van der Waals surface area contributed by atoms with Gasteiger partial charge in [-0.1, -0.05) is 6.92 Å². The molecule has 0 aromatic carbocycles. The predicted octanol–water partition coefficient (Wildman–Crippen LogP) is -0.127. The Bertz CT molecular complexity index is 185. The molecular weight excluding hydrogens is 180 g/mol. The normalized spacial score (nSPS) is 26.4. The van der Waals surface area contributed by atoms with E-state index in [4.69, 9.17) is 5.11 Å². The standard InChI is InChI=1S/C10H20N2O2/c1-8-4-6-11-9(8)10(14)12-5-2-3-7-13/h8-9,11,13H,2-7H2,1H3,(H,12,14). The van der Waals surface area contributed by atoms with E-state index in [2.05, 4.69) is 17.6 Å². The molecule has 14 heavy (non-hydrogen) atoms. The van der Waals surface area contributed by atoms with Crippen LogP contribution in [0.15, 0.2) is 0 Å². The number of carbonyl (C=O) groups is 1. The summed E-state index contributed by atoms with van der Waals surface area (Å²) in [4.78, 5) is 11.6. The average molecular weight is 200 g/mol. The summed E-state index contributed by atoms with van der Waals surface area (Å²) in [6.07, 6.45) is 2.69. The summed E-state index contributed by atoms with van der Waals surface area (Å²) in [5.74, 6) is 0.542. The van der Waals surface area contributed by atoms with Crippen LogP contribution in [0, 0.1) is 5.92 Å². The van der Waals surface area contributed by atoms with Gasteiger partial charge in [0, 0.05) is 13.2 Å². The van der Waals surface area contributed by atoms with Crippen molar-refractivity contribution in [3.05, 3.63) is 0 Å². The zero-order valence-corrected chi connectivity index (χ0v) is 8.75. The summed E-state index contributed by atoms with van der Waals surface area (Å²) in [5, 5.41) is 14.6. The van der Waals surface area contributed by atoms with Crippen LogP contribution in [0.2, 0.25) is 0 Å². The highest BCUT2D eigenvalue weighted by atomic mass is 16.2. The number of amides is 1. The van der Waals surface area contributed by atoms with Crippen LogP contribution >= 0.6 is 0 Å². The molecule has 0 aliphatic carbocycles. The third-order valence-corrected chi connectivity index (χ3v) is 2.70. The summed E-state index contributed by atoms with van der Waals surface area (Å²) < 4.78 is 0. The van der Waals surface area contributed by atoms with E-state index < -0.39 is 0 Å². The molecule has 1 amide bonds. The molecule has 3 N–H and O–H groups in total. The molecule has 1 aliphatic rings. The van der Waals surface area contributed by atoms with Gasteiger partial charge in [0.2, 0.25) is 5.91 Å². The highest BCUT2D eigenvalue weighted by molar-refractivity contribution is 5.82. The topological polar surface area (TPSA) is 61.4 Å². The van der Waals surface area contributed by atoms with Crippen LogP contribution in [0.25, 0.3) is 0 Å². The van der Waals surface area contributed by atoms with Gasteiger partial charge in [0.25, 0.3) is 0 Å². The second kappa shape index (κ2) is 5.98. The average Bonchev–Trinajstić information content (AvgIpc) is 2.59. The van der Waals surface area contributed by atoms with Gasteiger partial charge in [-0.3, -0.25) is 4.79 Å². The third kappa shape index (κ3) is 3.27. The molecular formula is C10H20N2O2. The fourth-order valence-corrected chi connectivity index (χ4v) is 1.74. The SMILES string of the molecule is CC1CCNC1C(=O)NCCCCO. The fraction of sp³-hybridized carbons (Fsp3) is 0.900. The van der Waals surface area contributed by atoms with Crippen LogP contribution in [0.4, 0.5) is 0 Å². The summed E-state index contributed by atoms with van der Waals surface area (Å²) >= 11 is 0. The van der Waals surface area contributed by atoms with E-state index in [1.807, 2.05) is 0 Å². The van der Waals surface area contributed by atoms with Crippen LogP contribution in [0.5, 0.6) is 0 Å². The second-order valence-corrected chi connectivity index (χ2v) is 3.92. The lowest BCUT2D eigenvalue weighted by atomic mass is 10.0. The Labute approximate surface area is 85.1 Å². The molecule has 4 nitrogen and oxygen atoms in total. The second-order valence-electron chi connectivity index (χ2n) is 3.92. The smallest absolute Gasteiger partial charge is 0.237 e. The van der Waals surface area contributed by atoms with Gasteiger partial charge < -0.3 is 15.7 Å². The molecule has 0 aromatic heterocycles.